The van der Waals surface area contributed by atoms with Crippen molar-refractivity contribution in [2.24, 2.45) is 4.99 Å². The summed E-state index contributed by atoms with van der Waals surface area (Å²) in [5.74, 6) is 1.69. The Morgan fingerprint density at radius 2 is 1.91 bits per heavy atom. The van der Waals surface area contributed by atoms with Crippen LogP contribution in [0.2, 0.25) is 10.0 Å². The number of thioether (sulfide) groups is 1. The zero-order valence-corrected chi connectivity index (χ0v) is 17.3. The van der Waals surface area contributed by atoms with Gasteiger partial charge in [0.2, 0.25) is 0 Å². The van der Waals surface area contributed by atoms with Gasteiger partial charge in [-0.15, -0.1) is 24.0 Å². The van der Waals surface area contributed by atoms with Gasteiger partial charge in [0.1, 0.15) is 0 Å². The monoisotopic (exact) mass is 477 g/mol. The van der Waals surface area contributed by atoms with E-state index in [0.717, 1.165) is 18.8 Å². The Morgan fingerprint density at radius 1 is 1.27 bits per heavy atom. The second-order valence-electron chi connectivity index (χ2n) is 4.36. The third-order valence-electron chi connectivity index (χ3n) is 2.63. The molecule has 1 rings (SSSR count). The molecule has 0 spiro atoms. The van der Waals surface area contributed by atoms with Crippen LogP contribution >= 0.6 is 58.9 Å². The van der Waals surface area contributed by atoms with E-state index in [4.69, 9.17) is 23.2 Å². The number of nitrogens with one attached hydrogen (secondary N) is 2. The Labute approximate surface area is 163 Å². The molecular weight excluding hydrogens is 456 g/mol. The number of guanidine groups is 1. The first-order chi connectivity index (χ1) is 10.1. The number of hydrogen-bond acceptors (Lipinski definition) is 3. The molecule has 0 saturated heterocycles. The normalized spacial score (nSPS) is 12.5. The van der Waals surface area contributed by atoms with Gasteiger partial charge in [0, 0.05) is 28.9 Å². The zero-order chi connectivity index (χ0) is 15.7. The third kappa shape index (κ3) is 8.67. The maximum Gasteiger partial charge on any atom is 0.191 e. The summed E-state index contributed by atoms with van der Waals surface area (Å²) in [6.07, 6.45) is 1.32. The van der Waals surface area contributed by atoms with Gasteiger partial charge >= 0.3 is 0 Å². The maximum absolute atomic E-state index is 10.2. The third-order valence-corrected chi connectivity index (χ3v) is 3.68. The summed E-state index contributed by atoms with van der Waals surface area (Å²) >= 11 is 13.6. The van der Waals surface area contributed by atoms with Crippen LogP contribution in [0.1, 0.15) is 18.6 Å². The molecule has 0 fully saturated rings. The van der Waals surface area contributed by atoms with Crippen molar-refractivity contribution in [2.45, 2.75) is 13.0 Å². The molecular formula is C14H22Cl2IN3OS. The summed E-state index contributed by atoms with van der Waals surface area (Å²) in [4.78, 5) is 4.37. The fraction of sp³-hybridized carbons (Fsp3) is 0.500. The first kappa shape index (κ1) is 22.1. The largest absolute Gasteiger partial charge is 0.386 e. The molecule has 8 heteroatoms. The highest BCUT2D eigenvalue weighted by molar-refractivity contribution is 14.0. The summed E-state index contributed by atoms with van der Waals surface area (Å²) in [6, 6.07) is 5.03. The molecule has 0 heterocycles. The number of aliphatic hydroxyl groups is 1. The minimum absolute atomic E-state index is 0. The van der Waals surface area contributed by atoms with Gasteiger partial charge < -0.3 is 15.7 Å². The van der Waals surface area contributed by atoms with E-state index in [1.165, 1.54) is 0 Å². The van der Waals surface area contributed by atoms with Gasteiger partial charge in [0.05, 0.1) is 12.6 Å². The van der Waals surface area contributed by atoms with Crippen LogP contribution in [0.5, 0.6) is 0 Å². The maximum atomic E-state index is 10.2. The predicted molar refractivity (Wildman–Crippen MR) is 109 cm³/mol. The van der Waals surface area contributed by atoms with Crippen molar-refractivity contribution >= 4 is 64.9 Å². The molecule has 1 atom stereocenters. The van der Waals surface area contributed by atoms with Gasteiger partial charge in [-0.3, -0.25) is 4.99 Å². The van der Waals surface area contributed by atoms with Gasteiger partial charge in [0.15, 0.2) is 5.96 Å². The Morgan fingerprint density at radius 3 is 2.45 bits per heavy atom. The van der Waals surface area contributed by atoms with E-state index in [-0.39, 0.29) is 30.5 Å². The van der Waals surface area contributed by atoms with E-state index >= 15 is 0 Å². The zero-order valence-electron chi connectivity index (χ0n) is 12.6. The SMILES string of the molecule is CCNC(=NCC(O)c1cc(Cl)cc(Cl)c1)NCCSC.I. The van der Waals surface area contributed by atoms with Gasteiger partial charge in [-0.1, -0.05) is 23.2 Å². The van der Waals surface area contributed by atoms with Crippen LogP contribution in [0, 0.1) is 0 Å². The first-order valence-corrected chi connectivity index (χ1v) is 8.87. The van der Waals surface area contributed by atoms with Gasteiger partial charge in [0.25, 0.3) is 0 Å². The molecule has 22 heavy (non-hydrogen) atoms. The Bertz CT molecular complexity index is 457. The molecule has 0 aliphatic heterocycles. The molecule has 0 radical (unpaired) electrons. The Kier molecular flexibility index (Phi) is 12.6. The molecule has 4 nitrogen and oxygen atoms in total. The second kappa shape index (κ2) is 12.5. The van der Waals surface area contributed by atoms with E-state index in [0.29, 0.717) is 21.6 Å². The van der Waals surface area contributed by atoms with Crippen LogP contribution in [-0.2, 0) is 0 Å². The number of aliphatic hydroxyl groups excluding tert-OH is 1. The van der Waals surface area contributed by atoms with Crippen LogP contribution in [0.3, 0.4) is 0 Å². The van der Waals surface area contributed by atoms with Crippen molar-refractivity contribution in [1.82, 2.24) is 10.6 Å². The highest BCUT2D eigenvalue weighted by atomic mass is 127. The summed E-state index contributed by atoms with van der Waals surface area (Å²) in [5.41, 5.74) is 0.663. The summed E-state index contributed by atoms with van der Waals surface area (Å²) in [5, 5.41) is 17.5. The minimum Gasteiger partial charge on any atom is -0.386 e. The summed E-state index contributed by atoms with van der Waals surface area (Å²) in [7, 11) is 0. The Hall–Kier alpha value is 0.110. The topological polar surface area (TPSA) is 56.7 Å². The minimum atomic E-state index is -0.739. The van der Waals surface area contributed by atoms with Crippen LogP contribution in [0.15, 0.2) is 23.2 Å². The second-order valence-corrected chi connectivity index (χ2v) is 6.22. The standard InChI is InChI=1S/C14H21Cl2N3OS.HI/c1-3-17-14(18-4-5-21-2)19-9-13(20)10-6-11(15)8-12(16)7-10;/h6-8,13,20H,3-5,9H2,1-2H3,(H2,17,18,19);1H. The van der Waals surface area contributed by atoms with Crippen LogP contribution < -0.4 is 10.6 Å². The molecule has 0 aliphatic rings. The van der Waals surface area contributed by atoms with Crippen molar-refractivity contribution in [3.63, 3.8) is 0 Å². The number of benzene rings is 1. The van der Waals surface area contributed by atoms with E-state index in [9.17, 15) is 5.11 Å². The summed E-state index contributed by atoms with van der Waals surface area (Å²) in [6.45, 7) is 3.83. The van der Waals surface area contributed by atoms with Crippen molar-refractivity contribution in [3.05, 3.63) is 33.8 Å². The van der Waals surface area contributed by atoms with Gasteiger partial charge in [-0.05, 0) is 36.9 Å². The van der Waals surface area contributed by atoms with Crippen molar-refractivity contribution in [1.29, 1.82) is 0 Å². The number of rotatable bonds is 7. The lowest BCUT2D eigenvalue weighted by Gasteiger charge is -2.13. The van der Waals surface area contributed by atoms with Crippen molar-refractivity contribution in [3.8, 4) is 0 Å². The summed E-state index contributed by atoms with van der Waals surface area (Å²) < 4.78 is 0. The van der Waals surface area contributed by atoms with E-state index in [1.807, 2.05) is 6.92 Å². The number of halogens is 3. The van der Waals surface area contributed by atoms with Crippen LogP contribution in [-0.4, -0.2) is 42.7 Å². The highest BCUT2D eigenvalue weighted by Crippen LogP contribution is 2.23. The number of nitrogens with zero attached hydrogens (tertiary/aromatic N) is 1. The van der Waals surface area contributed by atoms with Crippen LogP contribution in [0.25, 0.3) is 0 Å². The number of aliphatic imine (C=N–C) groups is 1. The fourth-order valence-electron chi connectivity index (χ4n) is 1.66. The molecule has 0 aromatic heterocycles. The van der Waals surface area contributed by atoms with E-state index < -0.39 is 6.10 Å². The predicted octanol–water partition coefficient (Wildman–Crippen LogP) is 3.56. The molecule has 0 bridgehead atoms. The van der Waals surface area contributed by atoms with E-state index in [2.05, 4.69) is 21.9 Å². The molecule has 0 aliphatic carbocycles. The fourth-order valence-corrected chi connectivity index (χ4v) is 2.51. The lowest BCUT2D eigenvalue weighted by molar-refractivity contribution is 0.187. The highest BCUT2D eigenvalue weighted by Gasteiger charge is 2.09. The first-order valence-electron chi connectivity index (χ1n) is 6.72. The molecule has 1 aromatic carbocycles. The molecule has 1 aromatic rings. The lowest BCUT2D eigenvalue weighted by atomic mass is 10.1. The molecule has 1 unspecified atom stereocenters. The van der Waals surface area contributed by atoms with E-state index in [1.54, 1.807) is 30.0 Å². The average Bonchev–Trinajstić information content (AvgIpc) is 2.43. The van der Waals surface area contributed by atoms with Gasteiger partial charge in [-0.2, -0.15) is 11.8 Å². The van der Waals surface area contributed by atoms with Gasteiger partial charge in [-0.25, -0.2) is 0 Å². The smallest absolute Gasteiger partial charge is 0.191 e. The molecule has 0 saturated carbocycles. The van der Waals surface area contributed by atoms with Crippen molar-refractivity contribution < 1.29 is 5.11 Å². The molecule has 0 amide bonds. The quantitative estimate of drug-likeness (QED) is 0.243. The van der Waals surface area contributed by atoms with Crippen molar-refractivity contribution in [2.75, 3.05) is 31.6 Å². The Balaban J connectivity index is 0.00000441. The van der Waals surface area contributed by atoms with Crippen LogP contribution in [0.4, 0.5) is 0 Å². The molecule has 3 N–H and O–H groups in total. The average molecular weight is 478 g/mol. The molecule has 126 valence electrons. The lowest BCUT2D eigenvalue weighted by Crippen LogP contribution is -2.38. The number of hydrogen-bond donors (Lipinski definition) is 3.